The van der Waals surface area contributed by atoms with Gasteiger partial charge in [-0.05, 0) is 48.2 Å². The molecule has 0 saturated heterocycles. The van der Waals surface area contributed by atoms with Crippen LogP contribution in [0.15, 0.2) is 63.8 Å². The summed E-state index contributed by atoms with van der Waals surface area (Å²) in [7, 11) is 0. The number of nitrogens with one attached hydrogen (secondary N) is 1. The highest BCUT2D eigenvalue weighted by Gasteiger charge is 2.03. The van der Waals surface area contributed by atoms with Crippen LogP contribution in [0.4, 0.5) is 0 Å². The van der Waals surface area contributed by atoms with Gasteiger partial charge in [0, 0.05) is 10.0 Å². The molecule has 5 nitrogen and oxygen atoms in total. The fraction of sp³-hybridized carbons (Fsp3) is 0.211. The normalized spacial score (nSPS) is 12.5. The maximum absolute atomic E-state index is 5.91. The second-order valence-corrected chi connectivity index (χ2v) is 6.30. The van der Waals surface area contributed by atoms with Crippen LogP contribution in [0.5, 0.6) is 0 Å². The molecule has 2 aromatic carbocycles. The molecule has 0 aliphatic heterocycles. The molecule has 0 heterocycles. The monoisotopic (exact) mass is 425 g/mol. The third-order valence-electron chi connectivity index (χ3n) is 3.61. The van der Waals surface area contributed by atoms with E-state index in [0.29, 0.717) is 16.5 Å². The SMILES string of the molecule is CCC(=NN=C(N)NN=C(CC)c1ccc(Cl)cc1)c1ccc(Cl)cc1.Cl. The Morgan fingerprint density at radius 2 is 1.26 bits per heavy atom. The smallest absolute Gasteiger partial charge is 0.234 e. The van der Waals surface area contributed by atoms with Crippen molar-refractivity contribution in [1.82, 2.24) is 5.43 Å². The summed E-state index contributed by atoms with van der Waals surface area (Å²) in [6.45, 7) is 4.01. The Morgan fingerprint density at radius 3 is 1.70 bits per heavy atom. The molecular weight excluding hydrogens is 405 g/mol. The number of nitrogens with zero attached hydrogens (tertiary/aromatic N) is 3. The molecule has 2 aromatic rings. The third kappa shape index (κ3) is 7.21. The van der Waals surface area contributed by atoms with Gasteiger partial charge in [0.1, 0.15) is 0 Å². The molecule has 144 valence electrons. The standard InChI is InChI=1S/C19H21Cl2N5.ClH/c1-3-17(13-5-9-15(20)10-6-13)23-25-19(22)26-24-18(4-2)14-7-11-16(21)12-8-14;/h5-12H,3-4H2,1-2H3,(H3,22,25,26);1H. The van der Waals surface area contributed by atoms with Crippen LogP contribution in [-0.2, 0) is 0 Å². The fourth-order valence-electron chi connectivity index (χ4n) is 2.23. The van der Waals surface area contributed by atoms with E-state index in [1.165, 1.54) is 0 Å². The van der Waals surface area contributed by atoms with Crippen LogP contribution in [0.3, 0.4) is 0 Å². The molecule has 0 fully saturated rings. The molecule has 0 aliphatic rings. The van der Waals surface area contributed by atoms with Gasteiger partial charge in [-0.1, -0.05) is 61.3 Å². The van der Waals surface area contributed by atoms with Crippen LogP contribution in [0, 0.1) is 0 Å². The molecule has 0 atom stereocenters. The maximum Gasteiger partial charge on any atom is 0.234 e. The Bertz CT molecular complexity index is 812. The van der Waals surface area contributed by atoms with Gasteiger partial charge in [-0.3, -0.25) is 0 Å². The predicted octanol–water partition coefficient (Wildman–Crippen LogP) is 5.25. The van der Waals surface area contributed by atoms with Crippen molar-refractivity contribution in [2.45, 2.75) is 26.7 Å². The topological polar surface area (TPSA) is 75.1 Å². The Balaban J connectivity index is 0.00000364. The first-order chi connectivity index (χ1) is 12.5. The highest BCUT2D eigenvalue weighted by Crippen LogP contribution is 2.12. The molecule has 27 heavy (non-hydrogen) atoms. The van der Waals surface area contributed by atoms with Gasteiger partial charge < -0.3 is 5.73 Å². The largest absolute Gasteiger partial charge is 0.367 e. The van der Waals surface area contributed by atoms with Gasteiger partial charge >= 0.3 is 0 Å². The number of hydrogen-bond donors (Lipinski definition) is 2. The molecule has 0 aliphatic carbocycles. The Kier molecular flexibility index (Phi) is 9.86. The summed E-state index contributed by atoms with van der Waals surface area (Å²) in [5, 5.41) is 13.9. The molecule has 0 spiro atoms. The zero-order chi connectivity index (χ0) is 18.9. The summed E-state index contributed by atoms with van der Waals surface area (Å²) >= 11 is 11.8. The van der Waals surface area contributed by atoms with Crippen molar-refractivity contribution >= 4 is 53.0 Å². The van der Waals surface area contributed by atoms with Gasteiger partial charge in [0.2, 0.25) is 5.96 Å². The summed E-state index contributed by atoms with van der Waals surface area (Å²) in [4.78, 5) is 0. The van der Waals surface area contributed by atoms with E-state index in [4.69, 9.17) is 28.9 Å². The second-order valence-electron chi connectivity index (χ2n) is 5.42. The quantitative estimate of drug-likeness (QED) is 0.376. The summed E-state index contributed by atoms with van der Waals surface area (Å²) in [5.41, 5.74) is 12.2. The van der Waals surface area contributed by atoms with Gasteiger partial charge in [0.15, 0.2) is 0 Å². The first kappa shape index (κ1) is 23.0. The summed E-state index contributed by atoms with van der Waals surface area (Å²) in [6, 6.07) is 14.9. The summed E-state index contributed by atoms with van der Waals surface area (Å²) in [5.74, 6) is 0.116. The average Bonchev–Trinajstić information content (AvgIpc) is 2.65. The lowest BCUT2D eigenvalue weighted by Crippen LogP contribution is -2.28. The van der Waals surface area contributed by atoms with E-state index >= 15 is 0 Å². The predicted molar refractivity (Wildman–Crippen MR) is 119 cm³/mol. The molecule has 0 amide bonds. The number of benzene rings is 2. The van der Waals surface area contributed by atoms with Crippen molar-refractivity contribution in [1.29, 1.82) is 0 Å². The van der Waals surface area contributed by atoms with E-state index < -0.39 is 0 Å². The number of hydrogen-bond acceptors (Lipinski definition) is 3. The first-order valence-electron chi connectivity index (χ1n) is 8.28. The maximum atomic E-state index is 5.91. The summed E-state index contributed by atoms with van der Waals surface area (Å²) < 4.78 is 0. The Morgan fingerprint density at radius 1 is 0.815 bits per heavy atom. The lowest BCUT2D eigenvalue weighted by atomic mass is 10.1. The van der Waals surface area contributed by atoms with Crippen LogP contribution in [0.2, 0.25) is 10.0 Å². The molecule has 0 unspecified atom stereocenters. The van der Waals surface area contributed by atoms with Crippen molar-refractivity contribution in [2.75, 3.05) is 0 Å². The van der Waals surface area contributed by atoms with Gasteiger partial charge in [-0.25, -0.2) is 5.43 Å². The Hall–Kier alpha value is -2.08. The second kappa shape index (κ2) is 11.6. The van der Waals surface area contributed by atoms with E-state index in [9.17, 15) is 0 Å². The van der Waals surface area contributed by atoms with Crippen LogP contribution in [0.1, 0.15) is 37.8 Å². The first-order valence-corrected chi connectivity index (χ1v) is 9.03. The molecule has 0 bridgehead atoms. The van der Waals surface area contributed by atoms with Crippen LogP contribution >= 0.6 is 35.6 Å². The van der Waals surface area contributed by atoms with Gasteiger partial charge in [0.05, 0.1) is 11.4 Å². The van der Waals surface area contributed by atoms with Crippen molar-refractivity contribution in [3.8, 4) is 0 Å². The zero-order valence-corrected chi connectivity index (χ0v) is 17.4. The van der Waals surface area contributed by atoms with Gasteiger partial charge in [0.25, 0.3) is 0 Å². The fourth-order valence-corrected chi connectivity index (χ4v) is 2.48. The van der Waals surface area contributed by atoms with Crippen molar-refractivity contribution in [2.24, 2.45) is 21.0 Å². The Labute approximate surface area is 175 Å². The molecule has 0 aromatic heterocycles. The average molecular weight is 427 g/mol. The molecule has 0 radical (unpaired) electrons. The lowest BCUT2D eigenvalue weighted by molar-refractivity contribution is 0.971. The van der Waals surface area contributed by atoms with E-state index in [1.807, 2.05) is 62.4 Å². The number of hydrazone groups is 1. The molecule has 2 rings (SSSR count). The number of halogens is 3. The highest BCUT2D eigenvalue weighted by molar-refractivity contribution is 6.31. The van der Waals surface area contributed by atoms with Crippen LogP contribution < -0.4 is 11.2 Å². The molecule has 3 N–H and O–H groups in total. The van der Waals surface area contributed by atoms with Gasteiger partial charge in [-0.2, -0.15) is 10.2 Å². The molecule has 8 heteroatoms. The molecular formula is C19H22Cl3N5. The number of rotatable bonds is 6. The van der Waals surface area contributed by atoms with Crippen molar-refractivity contribution in [3.63, 3.8) is 0 Å². The molecule has 0 saturated carbocycles. The summed E-state index contributed by atoms with van der Waals surface area (Å²) in [6.07, 6.45) is 1.45. The van der Waals surface area contributed by atoms with Gasteiger partial charge in [-0.15, -0.1) is 17.5 Å². The minimum atomic E-state index is 0. The number of guanidine groups is 1. The van der Waals surface area contributed by atoms with E-state index in [0.717, 1.165) is 29.0 Å². The zero-order valence-electron chi connectivity index (χ0n) is 15.1. The van der Waals surface area contributed by atoms with Crippen molar-refractivity contribution in [3.05, 3.63) is 69.7 Å². The van der Waals surface area contributed by atoms with E-state index in [2.05, 4.69) is 20.7 Å². The minimum absolute atomic E-state index is 0. The lowest BCUT2D eigenvalue weighted by Gasteiger charge is -2.05. The van der Waals surface area contributed by atoms with Crippen LogP contribution in [0.25, 0.3) is 0 Å². The van der Waals surface area contributed by atoms with E-state index in [-0.39, 0.29) is 18.4 Å². The van der Waals surface area contributed by atoms with E-state index in [1.54, 1.807) is 0 Å². The highest BCUT2D eigenvalue weighted by atomic mass is 35.5. The minimum Gasteiger partial charge on any atom is -0.367 e. The third-order valence-corrected chi connectivity index (χ3v) is 4.11. The van der Waals surface area contributed by atoms with Crippen LogP contribution in [-0.4, -0.2) is 17.4 Å². The number of nitrogens with two attached hydrogens (primary N) is 1. The van der Waals surface area contributed by atoms with Crippen molar-refractivity contribution < 1.29 is 0 Å².